The Morgan fingerprint density at radius 2 is 1.96 bits per heavy atom. The highest BCUT2D eigenvalue weighted by atomic mass is 19.4. The van der Waals surface area contributed by atoms with Crippen LogP contribution in [0.5, 0.6) is 5.75 Å². The number of halogens is 3. The van der Waals surface area contributed by atoms with Crippen molar-refractivity contribution < 1.29 is 37.3 Å². The predicted molar refractivity (Wildman–Crippen MR) is 82.5 cm³/mol. The van der Waals surface area contributed by atoms with E-state index in [9.17, 15) is 22.8 Å². The number of aliphatic carboxylic acids is 1. The number of benzene rings is 1. The van der Waals surface area contributed by atoms with Crippen molar-refractivity contribution >= 4 is 11.9 Å². The van der Waals surface area contributed by atoms with E-state index in [1.54, 1.807) is 13.0 Å². The highest BCUT2D eigenvalue weighted by molar-refractivity contribution is 5.84. The normalized spacial score (nSPS) is 28.5. The number of carbonyl (C=O) groups excluding carboxylic acids is 1. The quantitative estimate of drug-likeness (QED) is 0.877. The summed E-state index contributed by atoms with van der Waals surface area (Å²) in [6.07, 6.45) is -5.92. The van der Waals surface area contributed by atoms with Gasteiger partial charge < -0.3 is 19.5 Å². The smallest absolute Gasteiger partial charge is 0.479 e. The van der Waals surface area contributed by atoms with Gasteiger partial charge in [-0.1, -0.05) is 18.2 Å². The minimum Gasteiger partial charge on any atom is -0.479 e. The average Bonchev–Trinajstić information content (AvgIpc) is 3.33. The van der Waals surface area contributed by atoms with E-state index in [0.29, 0.717) is 12.0 Å². The standard InChI is InChI=1S/C17H18F3NO5/c1-9-7-21(8-14(25-9)16(23)24)15(22)12-6-11(12)10-4-2-3-5-13(10)26-17(18,19)20/h2-5,9,11-12,14H,6-8H2,1H3,(H,23,24)/t9-,11?,12?,14?/m1/s1. The summed E-state index contributed by atoms with van der Waals surface area (Å²) in [6, 6.07) is 5.77. The van der Waals surface area contributed by atoms with E-state index in [1.807, 2.05) is 0 Å². The molecule has 1 aromatic rings. The third-order valence-electron chi connectivity index (χ3n) is 4.50. The molecule has 26 heavy (non-hydrogen) atoms. The summed E-state index contributed by atoms with van der Waals surface area (Å²) in [5.41, 5.74) is 0.333. The maximum Gasteiger partial charge on any atom is 0.573 e. The second kappa shape index (κ2) is 6.79. The number of alkyl halides is 3. The van der Waals surface area contributed by atoms with Gasteiger partial charge in [-0.25, -0.2) is 4.79 Å². The van der Waals surface area contributed by atoms with E-state index in [0.717, 1.165) is 0 Å². The molecule has 1 N–H and O–H groups in total. The van der Waals surface area contributed by atoms with E-state index in [2.05, 4.69) is 4.74 Å². The molecule has 2 aliphatic rings. The van der Waals surface area contributed by atoms with Gasteiger partial charge in [0.25, 0.3) is 0 Å². The number of hydrogen-bond acceptors (Lipinski definition) is 4. The molecule has 1 aliphatic carbocycles. The SMILES string of the molecule is C[C@@H]1CN(C(=O)C2CC2c2ccccc2OC(F)(F)F)CC(C(=O)O)O1. The molecule has 4 atom stereocenters. The molecule has 1 saturated carbocycles. The molecule has 2 fully saturated rings. The first-order chi connectivity index (χ1) is 12.2. The van der Waals surface area contributed by atoms with Crippen molar-refractivity contribution in [3.8, 4) is 5.75 Å². The van der Waals surface area contributed by atoms with Gasteiger partial charge in [0.1, 0.15) is 5.75 Å². The first-order valence-electron chi connectivity index (χ1n) is 8.17. The highest BCUT2D eigenvalue weighted by Gasteiger charge is 2.49. The lowest BCUT2D eigenvalue weighted by Crippen LogP contribution is -2.52. The van der Waals surface area contributed by atoms with Gasteiger partial charge in [0.2, 0.25) is 5.91 Å². The van der Waals surface area contributed by atoms with Crippen molar-refractivity contribution in [2.45, 2.75) is 37.8 Å². The Kier molecular flexibility index (Phi) is 4.83. The molecule has 1 aromatic carbocycles. The molecular formula is C17H18F3NO5. The van der Waals surface area contributed by atoms with Crippen molar-refractivity contribution in [3.63, 3.8) is 0 Å². The zero-order valence-corrected chi connectivity index (χ0v) is 13.9. The number of carboxylic acid groups (broad SMARTS) is 1. The van der Waals surface area contributed by atoms with Gasteiger partial charge in [-0.15, -0.1) is 13.2 Å². The second-order valence-corrected chi connectivity index (χ2v) is 6.55. The fourth-order valence-corrected chi connectivity index (χ4v) is 3.32. The Balaban J connectivity index is 1.71. The van der Waals surface area contributed by atoms with Crippen molar-refractivity contribution in [2.24, 2.45) is 5.92 Å². The van der Waals surface area contributed by atoms with Crippen LogP contribution in [-0.4, -0.2) is 53.5 Å². The van der Waals surface area contributed by atoms with Crippen LogP contribution in [0.25, 0.3) is 0 Å². The monoisotopic (exact) mass is 373 g/mol. The van der Waals surface area contributed by atoms with Gasteiger partial charge in [0, 0.05) is 12.5 Å². The summed E-state index contributed by atoms with van der Waals surface area (Å²) in [5, 5.41) is 9.10. The Hall–Kier alpha value is -2.29. The maximum atomic E-state index is 12.7. The molecule has 0 radical (unpaired) electrons. The zero-order chi connectivity index (χ0) is 19.1. The van der Waals surface area contributed by atoms with E-state index >= 15 is 0 Å². The van der Waals surface area contributed by atoms with Crippen LogP contribution in [0.1, 0.15) is 24.8 Å². The average molecular weight is 373 g/mol. The Morgan fingerprint density at radius 1 is 1.27 bits per heavy atom. The molecule has 1 amide bonds. The molecular weight excluding hydrogens is 355 g/mol. The summed E-state index contributed by atoms with van der Waals surface area (Å²) >= 11 is 0. The summed E-state index contributed by atoms with van der Waals surface area (Å²) in [7, 11) is 0. The molecule has 1 saturated heterocycles. The van der Waals surface area contributed by atoms with Crippen molar-refractivity contribution in [1.29, 1.82) is 0 Å². The number of hydrogen-bond donors (Lipinski definition) is 1. The number of para-hydroxylation sites is 1. The molecule has 0 aromatic heterocycles. The molecule has 9 heteroatoms. The number of ether oxygens (including phenoxy) is 2. The molecule has 1 heterocycles. The molecule has 142 valence electrons. The van der Waals surface area contributed by atoms with Crippen LogP contribution in [0.15, 0.2) is 24.3 Å². The lowest BCUT2D eigenvalue weighted by molar-refractivity contribution is -0.274. The third-order valence-corrected chi connectivity index (χ3v) is 4.50. The predicted octanol–water partition coefficient (Wildman–Crippen LogP) is 2.39. The molecule has 1 aliphatic heterocycles. The summed E-state index contributed by atoms with van der Waals surface area (Å²) in [6.45, 7) is 1.86. The van der Waals surface area contributed by atoms with Gasteiger partial charge >= 0.3 is 12.3 Å². The fraction of sp³-hybridized carbons (Fsp3) is 0.529. The fourth-order valence-electron chi connectivity index (χ4n) is 3.32. The van der Waals surface area contributed by atoms with E-state index < -0.39 is 30.5 Å². The van der Waals surface area contributed by atoms with E-state index in [-0.39, 0.29) is 30.7 Å². The van der Waals surface area contributed by atoms with Gasteiger partial charge in [-0.2, -0.15) is 0 Å². The molecule has 3 rings (SSSR count). The number of rotatable bonds is 4. The first kappa shape index (κ1) is 18.5. The van der Waals surface area contributed by atoms with Gasteiger partial charge in [-0.3, -0.25) is 4.79 Å². The van der Waals surface area contributed by atoms with Crippen LogP contribution < -0.4 is 4.74 Å². The van der Waals surface area contributed by atoms with Crippen LogP contribution in [0.3, 0.4) is 0 Å². The zero-order valence-electron chi connectivity index (χ0n) is 13.9. The first-order valence-corrected chi connectivity index (χ1v) is 8.17. The minimum atomic E-state index is -4.81. The third kappa shape index (κ3) is 4.09. The summed E-state index contributed by atoms with van der Waals surface area (Å²) < 4.78 is 47.0. The lowest BCUT2D eigenvalue weighted by atomic mass is 10.1. The Morgan fingerprint density at radius 3 is 2.62 bits per heavy atom. The highest BCUT2D eigenvalue weighted by Crippen LogP contribution is 2.51. The van der Waals surface area contributed by atoms with Crippen LogP contribution in [0.2, 0.25) is 0 Å². The van der Waals surface area contributed by atoms with Gasteiger partial charge in [0.05, 0.1) is 12.6 Å². The molecule has 3 unspecified atom stereocenters. The topological polar surface area (TPSA) is 76.1 Å². The minimum absolute atomic E-state index is 0.0670. The lowest BCUT2D eigenvalue weighted by Gasteiger charge is -2.35. The molecule has 6 nitrogen and oxygen atoms in total. The second-order valence-electron chi connectivity index (χ2n) is 6.55. The summed E-state index contributed by atoms with van der Waals surface area (Å²) in [4.78, 5) is 25.2. The number of morpholine rings is 1. The van der Waals surface area contributed by atoms with Crippen LogP contribution in [-0.2, 0) is 14.3 Å². The number of carbonyl (C=O) groups is 2. The van der Waals surface area contributed by atoms with Gasteiger partial charge in [0.15, 0.2) is 6.10 Å². The summed E-state index contributed by atoms with van der Waals surface area (Å²) in [5.74, 6) is -2.57. The van der Waals surface area contributed by atoms with Gasteiger partial charge in [-0.05, 0) is 30.9 Å². The molecule has 0 spiro atoms. The largest absolute Gasteiger partial charge is 0.573 e. The van der Waals surface area contributed by atoms with E-state index in [1.165, 1.54) is 23.1 Å². The number of carboxylic acids is 1. The van der Waals surface area contributed by atoms with Crippen molar-refractivity contribution in [1.82, 2.24) is 4.90 Å². The van der Waals surface area contributed by atoms with Crippen LogP contribution in [0.4, 0.5) is 13.2 Å². The number of nitrogens with zero attached hydrogens (tertiary/aromatic N) is 1. The van der Waals surface area contributed by atoms with Crippen LogP contribution in [0, 0.1) is 5.92 Å². The van der Waals surface area contributed by atoms with E-state index in [4.69, 9.17) is 9.84 Å². The Bertz CT molecular complexity index is 708. The molecule has 0 bridgehead atoms. The maximum absolute atomic E-state index is 12.7. The van der Waals surface area contributed by atoms with Crippen LogP contribution >= 0.6 is 0 Å². The van der Waals surface area contributed by atoms with Crippen molar-refractivity contribution in [2.75, 3.05) is 13.1 Å². The Labute approximate surface area is 147 Å². The number of amides is 1. The van der Waals surface area contributed by atoms with Crippen molar-refractivity contribution in [3.05, 3.63) is 29.8 Å².